The molecule has 0 radical (unpaired) electrons. The number of piperidine rings is 1. The third-order valence-corrected chi connectivity index (χ3v) is 4.47. The summed E-state index contributed by atoms with van der Waals surface area (Å²) in [6, 6.07) is 2.44. The molecule has 0 aliphatic carbocycles. The molecule has 0 unspecified atom stereocenters. The molecule has 24 heavy (non-hydrogen) atoms. The summed E-state index contributed by atoms with van der Waals surface area (Å²) < 4.78 is 34.0. The molecule has 5 nitrogen and oxygen atoms in total. The van der Waals surface area contributed by atoms with Crippen LogP contribution in [0.2, 0.25) is 0 Å². The van der Waals surface area contributed by atoms with Crippen LogP contribution in [0.3, 0.4) is 0 Å². The average molecular weight is 339 g/mol. The van der Waals surface area contributed by atoms with Gasteiger partial charge >= 0.3 is 0 Å². The molecule has 2 fully saturated rings. The Kier molecular flexibility index (Phi) is 5.50. The van der Waals surface area contributed by atoms with E-state index in [0.29, 0.717) is 39.1 Å². The molecular formula is C17H23F2N3O2. The summed E-state index contributed by atoms with van der Waals surface area (Å²) in [6.07, 6.45) is 2.50. The fourth-order valence-electron chi connectivity index (χ4n) is 3.19. The SMILES string of the molecule is O=C1CCCCN1CCOc1cc(F)c(N2CCNCC2)c(F)c1. The molecule has 1 aromatic rings. The van der Waals surface area contributed by atoms with Crippen LogP contribution in [-0.4, -0.2) is 56.7 Å². The number of ether oxygens (including phenoxy) is 1. The second-order valence-corrected chi connectivity index (χ2v) is 6.16. The largest absolute Gasteiger partial charge is 0.492 e. The highest BCUT2D eigenvalue weighted by Gasteiger charge is 2.21. The van der Waals surface area contributed by atoms with E-state index in [1.807, 2.05) is 0 Å². The van der Waals surface area contributed by atoms with Crippen molar-refractivity contribution < 1.29 is 18.3 Å². The van der Waals surface area contributed by atoms with Crippen LogP contribution < -0.4 is 15.0 Å². The first-order chi connectivity index (χ1) is 11.6. The van der Waals surface area contributed by atoms with E-state index in [-0.39, 0.29) is 24.0 Å². The Morgan fingerprint density at radius 3 is 2.46 bits per heavy atom. The number of amides is 1. The molecule has 0 saturated carbocycles. The van der Waals surface area contributed by atoms with E-state index < -0.39 is 11.6 Å². The van der Waals surface area contributed by atoms with Gasteiger partial charge < -0.3 is 19.9 Å². The smallest absolute Gasteiger partial charge is 0.222 e. The van der Waals surface area contributed by atoms with Gasteiger partial charge in [-0.3, -0.25) is 4.79 Å². The zero-order valence-corrected chi connectivity index (χ0v) is 13.7. The van der Waals surface area contributed by atoms with Crippen molar-refractivity contribution in [2.75, 3.05) is 50.8 Å². The fourth-order valence-corrected chi connectivity index (χ4v) is 3.19. The lowest BCUT2D eigenvalue weighted by Crippen LogP contribution is -2.44. The minimum atomic E-state index is -0.610. The molecule has 2 saturated heterocycles. The molecule has 2 aliphatic rings. The van der Waals surface area contributed by atoms with Crippen LogP contribution in [0.25, 0.3) is 0 Å². The number of hydrogen-bond acceptors (Lipinski definition) is 4. The lowest BCUT2D eigenvalue weighted by Gasteiger charge is -2.30. The maximum absolute atomic E-state index is 14.3. The highest BCUT2D eigenvalue weighted by molar-refractivity contribution is 5.76. The van der Waals surface area contributed by atoms with Crippen molar-refractivity contribution in [3.8, 4) is 5.75 Å². The highest BCUT2D eigenvalue weighted by atomic mass is 19.1. The van der Waals surface area contributed by atoms with Crippen LogP contribution >= 0.6 is 0 Å². The van der Waals surface area contributed by atoms with Crippen LogP contribution in [0.4, 0.5) is 14.5 Å². The maximum Gasteiger partial charge on any atom is 0.222 e. The first-order valence-corrected chi connectivity index (χ1v) is 8.50. The van der Waals surface area contributed by atoms with Gasteiger partial charge in [-0.25, -0.2) is 8.78 Å². The first-order valence-electron chi connectivity index (χ1n) is 8.50. The quantitative estimate of drug-likeness (QED) is 0.888. The summed E-state index contributed by atoms with van der Waals surface area (Å²) in [5.74, 6) is -0.938. The number of carbonyl (C=O) groups is 1. The summed E-state index contributed by atoms with van der Waals surface area (Å²) in [4.78, 5) is 15.2. The van der Waals surface area contributed by atoms with E-state index in [4.69, 9.17) is 4.74 Å². The third kappa shape index (κ3) is 3.95. The molecule has 2 heterocycles. The van der Waals surface area contributed by atoms with E-state index in [9.17, 15) is 13.6 Å². The predicted octanol–water partition coefficient (Wildman–Crippen LogP) is 1.77. The van der Waals surface area contributed by atoms with Crippen molar-refractivity contribution in [2.45, 2.75) is 19.3 Å². The summed E-state index contributed by atoms with van der Waals surface area (Å²) in [5, 5.41) is 3.15. The van der Waals surface area contributed by atoms with Gasteiger partial charge in [-0.1, -0.05) is 0 Å². The Morgan fingerprint density at radius 1 is 1.08 bits per heavy atom. The first kappa shape index (κ1) is 17.0. The normalized spacial score (nSPS) is 18.8. The molecule has 1 N–H and O–H groups in total. The van der Waals surface area contributed by atoms with Gasteiger partial charge in [0.1, 0.15) is 18.0 Å². The van der Waals surface area contributed by atoms with Crippen LogP contribution in [0.5, 0.6) is 5.75 Å². The van der Waals surface area contributed by atoms with Crippen LogP contribution in [-0.2, 0) is 4.79 Å². The molecule has 2 aliphatic heterocycles. The van der Waals surface area contributed by atoms with Crippen LogP contribution in [0.1, 0.15) is 19.3 Å². The molecular weight excluding hydrogens is 316 g/mol. The molecule has 3 rings (SSSR count). The van der Waals surface area contributed by atoms with Gasteiger partial charge in [-0.15, -0.1) is 0 Å². The molecule has 0 atom stereocenters. The Morgan fingerprint density at radius 2 is 1.79 bits per heavy atom. The number of carbonyl (C=O) groups excluding carboxylic acids is 1. The van der Waals surface area contributed by atoms with E-state index in [2.05, 4.69) is 5.32 Å². The number of nitrogens with one attached hydrogen (secondary N) is 1. The highest BCUT2D eigenvalue weighted by Crippen LogP contribution is 2.28. The summed E-state index contributed by atoms with van der Waals surface area (Å²) in [7, 11) is 0. The lowest BCUT2D eigenvalue weighted by atomic mass is 10.1. The molecule has 132 valence electrons. The van der Waals surface area contributed by atoms with Crippen LogP contribution in [0, 0.1) is 11.6 Å². The number of rotatable bonds is 5. The second-order valence-electron chi connectivity index (χ2n) is 6.16. The average Bonchev–Trinajstić information content (AvgIpc) is 2.57. The molecule has 1 amide bonds. The van der Waals surface area contributed by atoms with Crippen molar-refractivity contribution in [1.82, 2.24) is 10.2 Å². The Labute approximate surface area is 140 Å². The number of piperazine rings is 1. The topological polar surface area (TPSA) is 44.8 Å². The molecule has 1 aromatic carbocycles. The summed E-state index contributed by atoms with van der Waals surface area (Å²) in [6.45, 7) is 3.98. The van der Waals surface area contributed by atoms with Gasteiger partial charge in [0.05, 0.1) is 6.54 Å². The fraction of sp³-hybridized carbons (Fsp3) is 0.588. The number of benzene rings is 1. The van der Waals surface area contributed by atoms with E-state index in [1.54, 1.807) is 9.80 Å². The van der Waals surface area contributed by atoms with Crippen molar-refractivity contribution in [1.29, 1.82) is 0 Å². The molecule has 0 aromatic heterocycles. The van der Waals surface area contributed by atoms with Gasteiger partial charge in [0.2, 0.25) is 5.91 Å². The van der Waals surface area contributed by atoms with E-state index in [0.717, 1.165) is 19.4 Å². The van der Waals surface area contributed by atoms with Crippen molar-refractivity contribution >= 4 is 11.6 Å². The Balaban J connectivity index is 1.59. The van der Waals surface area contributed by atoms with E-state index >= 15 is 0 Å². The van der Waals surface area contributed by atoms with Crippen molar-refractivity contribution in [3.05, 3.63) is 23.8 Å². The van der Waals surface area contributed by atoms with Crippen molar-refractivity contribution in [3.63, 3.8) is 0 Å². The minimum Gasteiger partial charge on any atom is -0.492 e. The third-order valence-electron chi connectivity index (χ3n) is 4.47. The number of likely N-dealkylation sites (tertiary alicyclic amines) is 1. The zero-order valence-electron chi connectivity index (χ0n) is 13.7. The zero-order chi connectivity index (χ0) is 16.9. The number of hydrogen-bond donors (Lipinski definition) is 1. The summed E-state index contributed by atoms with van der Waals surface area (Å²) in [5.41, 5.74) is 0.00931. The standard InChI is InChI=1S/C17H23F2N3O2/c18-14-11-13(24-10-9-21-6-2-1-3-16(21)23)12-15(19)17(14)22-7-4-20-5-8-22/h11-12,20H,1-10H2. The molecule has 0 bridgehead atoms. The van der Waals surface area contributed by atoms with Crippen LogP contribution in [0.15, 0.2) is 12.1 Å². The maximum atomic E-state index is 14.3. The Bertz CT molecular complexity index is 568. The molecule has 0 spiro atoms. The van der Waals surface area contributed by atoms with Gasteiger partial charge in [0.15, 0.2) is 11.6 Å². The Hall–Kier alpha value is -1.89. The van der Waals surface area contributed by atoms with E-state index in [1.165, 1.54) is 12.1 Å². The summed E-state index contributed by atoms with van der Waals surface area (Å²) >= 11 is 0. The number of nitrogens with zero attached hydrogens (tertiary/aromatic N) is 2. The number of halogens is 2. The van der Waals surface area contributed by atoms with Gasteiger partial charge in [0.25, 0.3) is 0 Å². The van der Waals surface area contributed by atoms with Gasteiger partial charge in [-0.05, 0) is 12.8 Å². The number of anilines is 1. The molecule has 7 heteroatoms. The predicted molar refractivity (Wildman–Crippen MR) is 87.4 cm³/mol. The van der Waals surface area contributed by atoms with Gasteiger partial charge in [-0.2, -0.15) is 0 Å². The second kappa shape index (κ2) is 7.79. The minimum absolute atomic E-state index is 0.00931. The monoisotopic (exact) mass is 339 g/mol. The van der Waals surface area contributed by atoms with Crippen molar-refractivity contribution in [2.24, 2.45) is 0 Å². The van der Waals surface area contributed by atoms with Gasteiger partial charge in [0, 0.05) is 51.3 Å². The lowest BCUT2D eigenvalue weighted by molar-refractivity contribution is -0.133.